The zero-order valence-electron chi connectivity index (χ0n) is 10.2. The lowest BCUT2D eigenvalue weighted by atomic mass is 10.1. The van der Waals surface area contributed by atoms with Gasteiger partial charge in [-0.3, -0.25) is 0 Å². The van der Waals surface area contributed by atoms with Gasteiger partial charge in [0.25, 0.3) is 0 Å². The Morgan fingerprint density at radius 1 is 1.26 bits per heavy atom. The quantitative estimate of drug-likeness (QED) is 0.941. The summed E-state index contributed by atoms with van der Waals surface area (Å²) in [6, 6.07) is 7.85. The number of sulfone groups is 1. The second-order valence-electron chi connectivity index (χ2n) is 4.07. The summed E-state index contributed by atoms with van der Waals surface area (Å²) in [5.41, 5.74) is 0.304. The normalized spacial score (nSPS) is 11.4. The fourth-order valence-electron chi connectivity index (χ4n) is 1.84. The van der Waals surface area contributed by atoms with Crippen molar-refractivity contribution in [1.29, 1.82) is 0 Å². The Labute approximate surface area is 115 Å². The van der Waals surface area contributed by atoms with Crippen molar-refractivity contribution in [2.24, 2.45) is 0 Å². The molecule has 100 valence electrons. The van der Waals surface area contributed by atoms with E-state index in [2.05, 4.69) is 0 Å². The van der Waals surface area contributed by atoms with Crippen LogP contribution in [0.25, 0.3) is 0 Å². The molecule has 0 fully saturated rings. The maximum absolute atomic E-state index is 12.3. The van der Waals surface area contributed by atoms with E-state index in [0.717, 1.165) is 4.88 Å². The van der Waals surface area contributed by atoms with E-state index in [-0.39, 0.29) is 21.8 Å². The molecule has 0 aliphatic rings. The maximum Gasteiger partial charge on any atom is 0.335 e. The van der Waals surface area contributed by atoms with Gasteiger partial charge < -0.3 is 5.11 Å². The van der Waals surface area contributed by atoms with Crippen LogP contribution in [0.3, 0.4) is 0 Å². The highest BCUT2D eigenvalue weighted by Gasteiger charge is 2.21. The molecule has 1 heterocycles. The largest absolute Gasteiger partial charge is 0.478 e. The Bertz CT molecular complexity index is 700. The molecule has 0 bridgehead atoms. The van der Waals surface area contributed by atoms with Crippen molar-refractivity contribution in [2.75, 3.05) is 0 Å². The van der Waals surface area contributed by atoms with E-state index in [1.54, 1.807) is 12.1 Å². The van der Waals surface area contributed by atoms with Gasteiger partial charge in [-0.25, -0.2) is 13.2 Å². The van der Waals surface area contributed by atoms with Gasteiger partial charge in [-0.05, 0) is 36.1 Å². The second-order valence-corrected chi connectivity index (χ2v) is 7.06. The minimum atomic E-state index is -3.52. The number of hydrogen-bond acceptors (Lipinski definition) is 4. The molecule has 1 N–H and O–H groups in total. The van der Waals surface area contributed by atoms with Crippen LogP contribution in [0.4, 0.5) is 0 Å². The number of aromatic carboxylic acids is 1. The van der Waals surface area contributed by atoms with Crippen LogP contribution in [0.5, 0.6) is 0 Å². The molecule has 19 heavy (non-hydrogen) atoms. The predicted octanol–water partition coefficient (Wildman–Crippen LogP) is 2.73. The van der Waals surface area contributed by atoms with E-state index in [1.165, 1.54) is 36.5 Å². The van der Waals surface area contributed by atoms with Crippen LogP contribution in [-0.4, -0.2) is 19.5 Å². The average Bonchev–Trinajstić information content (AvgIpc) is 2.80. The zero-order valence-corrected chi connectivity index (χ0v) is 11.8. The van der Waals surface area contributed by atoms with Gasteiger partial charge in [0.05, 0.1) is 16.2 Å². The molecule has 0 spiro atoms. The number of benzene rings is 1. The minimum absolute atomic E-state index is 0.0206. The first-order chi connectivity index (χ1) is 8.92. The van der Waals surface area contributed by atoms with Gasteiger partial charge in [0.2, 0.25) is 0 Å². The molecular formula is C13H12O4S2. The molecule has 2 aromatic rings. The van der Waals surface area contributed by atoms with Gasteiger partial charge in [0.1, 0.15) is 0 Å². The van der Waals surface area contributed by atoms with Crippen LogP contribution < -0.4 is 0 Å². The van der Waals surface area contributed by atoms with Gasteiger partial charge in [-0.2, -0.15) is 0 Å². The Balaban J connectivity index is 2.47. The first-order valence-corrected chi connectivity index (χ1v) is 8.03. The highest BCUT2D eigenvalue weighted by atomic mass is 32.2. The lowest BCUT2D eigenvalue weighted by molar-refractivity contribution is 0.0696. The number of thiophene rings is 1. The van der Waals surface area contributed by atoms with E-state index in [1.807, 2.05) is 5.38 Å². The third-order valence-electron chi connectivity index (χ3n) is 2.76. The standard InChI is InChI=1S/C13H12O4S2/c1-9-11(13(14)15)5-2-6-12(9)19(16,17)8-10-4-3-7-18-10/h2-7H,8H2,1H3,(H,14,15). The summed E-state index contributed by atoms with van der Waals surface area (Å²) in [6.07, 6.45) is 0. The molecule has 1 aromatic carbocycles. The third-order valence-corrected chi connectivity index (χ3v) is 5.62. The molecule has 0 amide bonds. The molecule has 0 unspecified atom stereocenters. The SMILES string of the molecule is Cc1c(C(=O)O)cccc1S(=O)(=O)Cc1cccs1. The summed E-state index contributed by atoms with van der Waals surface area (Å²) in [5.74, 6) is -1.22. The van der Waals surface area contributed by atoms with Gasteiger partial charge in [-0.1, -0.05) is 12.1 Å². The molecular weight excluding hydrogens is 284 g/mol. The van der Waals surface area contributed by atoms with Crippen LogP contribution in [0.15, 0.2) is 40.6 Å². The highest BCUT2D eigenvalue weighted by Crippen LogP contribution is 2.24. The summed E-state index contributed by atoms with van der Waals surface area (Å²) in [4.78, 5) is 11.8. The monoisotopic (exact) mass is 296 g/mol. The molecule has 6 heteroatoms. The van der Waals surface area contributed by atoms with E-state index in [4.69, 9.17) is 5.11 Å². The van der Waals surface area contributed by atoms with Crippen LogP contribution in [0, 0.1) is 6.92 Å². The third kappa shape index (κ3) is 2.85. The summed E-state index contributed by atoms with van der Waals surface area (Å²) in [5, 5.41) is 10.8. The fourth-order valence-corrected chi connectivity index (χ4v) is 4.56. The zero-order chi connectivity index (χ0) is 14.0. The van der Waals surface area contributed by atoms with E-state index < -0.39 is 15.8 Å². The summed E-state index contributed by atoms with van der Waals surface area (Å²) in [7, 11) is -3.52. The molecule has 0 atom stereocenters. The van der Waals surface area contributed by atoms with Gasteiger partial charge in [-0.15, -0.1) is 11.3 Å². The number of carboxylic acids is 1. The van der Waals surface area contributed by atoms with Crippen LogP contribution in [0.1, 0.15) is 20.8 Å². The Kier molecular flexibility index (Phi) is 3.73. The van der Waals surface area contributed by atoms with Gasteiger partial charge in [0.15, 0.2) is 9.84 Å². The summed E-state index contributed by atoms with van der Waals surface area (Å²) in [6.45, 7) is 1.52. The first-order valence-electron chi connectivity index (χ1n) is 5.50. The average molecular weight is 296 g/mol. The van der Waals surface area contributed by atoms with Crippen molar-refractivity contribution in [2.45, 2.75) is 17.6 Å². The molecule has 0 aliphatic carbocycles. The van der Waals surface area contributed by atoms with Crippen molar-refractivity contribution in [1.82, 2.24) is 0 Å². The predicted molar refractivity (Wildman–Crippen MR) is 73.3 cm³/mol. The number of hydrogen-bond donors (Lipinski definition) is 1. The Morgan fingerprint density at radius 3 is 2.58 bits per heavy atom. The summed E-state index contributed by atoms with van der Waals surface area (Å²) >= 11 is 1.37. The molecule has 0 radical (unpaired) electrons. The highest BCUT2D eigenvalue weighted by molar-refractivity contribution is 7.90. The van der Waals surface area contributed by atoms with E-state index >= 15 is 0 Å². The van der Waals surface area contributed by atoms with Crippen molar-refractivity contribution < 1.29 is 18.3 Å². The smallest absolute Gasteiger partial charge is 0.335 e. The molecule has 4 nitrogen and oxygen atoms in total. The number of carboxylic acid groups (broad SMARTS) is 1. The molecule has 0 saturated carbocycles. The first kappa shape index (κ1) is 13.8. The number of carbonyl (C=O) groups is 1. The Morgan fingerprint density at radius 2 is 2.00 bits per heavy atom. The maximum atomic E-state index is 12.3. The fraction of sp³-hybridized carbons (Fsp3) is 0.154. The lowest BCUT2D eigenvalue weighted by Crippen LogP contribution is -2.09. The van der Waals surface area contributed by atoms with Crippen molar-refractivity contribution in [3.05, 3.63) is 51.7 Å². The molecule has 0 saturated heterocycles. The van der Waals surface area contributed by atoms with E-state index in [0.29, 0.717) is 0 Å². The van der Waals surface area contributed by atoms with Gasteiger partial charge >= 0.3 is 5.97 Å². The van der Waals surface area contributed by atoms with Crippen molar-refractivity contribution in [3.8, 4) is 0 Å². The topological polar surface area (TPSA) is 71.4 Å². The van der Waals surface area contributed by atoms with Crippen LogP contribution >= 0.6 is 11.3 Å². The molecule has 0 aliphatic heterocycles. The Hall–Kier alpha value is -1.66. The van der Waals surface area contributed by atoms with E-state index in [9.17, 15) is 13.2 Å². The number of rotatable bonds is 4. The molecule has 1 aromatic heterocycles. The second kappa shape index (κ2) is 5.14. The van der Waals surface area contributed by atoms with Gasteiger partial charge in [0, 0.05) is 4.88 Å². The van der Waals surface area contributed by atoms with Crippen LogP contribution in [0.2, 0.25) is 0 Å². The van der Waals surface area contributed by atoms with Crippen molar-refractivity contribution >= 4 is 27.1 Å². The lowest BCUT2D eigenvalue weighted by Gasteiger charge is -2.09. The minimum Gasteiger partial charge on any atom is -0.478 e. The molecule has 2 rings (SSSR count). The van der Waals surface area contributed by atoms with Crippen LogP contribution in [-0.2, 0) is 15.6 Å². The van der Waals surface area contributed by atoms with Crippen molar-refractivity contribution in [3.63, 3.8) is 0 Å². The summed E-state index contributed by atoms with van der Waals surface area (Å²) < 4.78 is 24.6.